The molecule has 112 valence electrons. The number of methoxy groups -OCH3 is 1. The van der Waals surface area contributed by atoms with Crippen molar-refractivity contribution in [2.24, 2.45) is 0 Å². The van der Waals surface area contributed by atoms with E-state index in [0.29, 0.717) is 0 Å². The second-order valence-electron chi connectivity index (χ2n) is 4.27. The van der Waals surface area contributed by atoms with Crippen molar-refractivity contribution < 1.29 is 17.9 Å². The molecule has 20 heavy (non-hydrogen) atoms. The van der Waals surface area contributed by atoms with Crippen LogP contribution in [0.15, 0.2) is 23.1 Å². The largest absolute Gasteiger partial charge is 0.468 e. The molecule has 0 aliphatic carbocycles. The molecule has 0 saturated carbocycles. The molecule has 0 bridgehead atoms. The Morgan fingerprint density at radius 3 is 2.20 bits per heavy atom. The summed E-state index contributed by atoms with van der Waals surface area (Å²) in [6, 6.07) is 3.95. The third-order valence-electron chi connectivity index (χ3n) is 2.57. The number of carbonyl (C=O) groups is 1. The number of rotatable bonds is 5. The van der Waals surface area contributed by atoms with E-state index in [1.54, 1.807) is 19.9 Å². The summed E-state index contributed by atoms with van der Waals surface area (Å²) < 4.78 is 30.7. The molecular formula is C12H15Cl2NO4S. The van der Waals surface area contributed by atoms with E-state index in [2.05, 4.69) is 4.74 Å². The van der Waals surface area contributed by atoms with Gasteiger partial charge < -0.3 is 4.74 Å². The highest BCUT2D eigenvalue weighted by Crippen LogP contribution is 2.32. The fourth-order valence-electron chi connectivity index (χ4n) is 1.58. The summed E-state index contributed by atoms with van der Waals surface area (Å²) >= 11 is 11.9. The number of hydrogen-bond acceptors (Lipinski definition) is 4. The predicted octanol–water partition coefficient (Wildman–Crippen LogP) is 2.57. The Morgan fingerprint density at radius 1 is 1.30 bits per heavy atom. The minimum Gasteiger partial charge on any atom is -0.468 e. The van der Waals surface area contributed by atoms with Crippen molar-refractivity contribution in [1.29, 1.82) is 0 Å². The summed E-state index contributed by atoms with van der Waals surface area (Å²) in [5, 5.41) is 0.0148. The summed E-state index contributed by atoms with van der Waals surface area (Å²) in [5.41, 5.74) is 0. The van der Waals surface area contributed by atoms with Crippen LogP contribution < -0.4 is 0 Å². The molecule has 0 saturated heterocycles. The van der Waals surface area contributed by atoms with Crippen LogP contribution in [0.4, 0.5) is 0 Å². The number of esters is 1. The van der Waals surface area contributed by atoms with Crippen molar-refractivity contribution in [2.75, 3.05) is 13.7 Å². The van der Waals surface area contributed by atoms with Crippen LogP contribution in [0.3, 0.4) is 0 Å². The zero-order chi connectivity index (χ0) is 15.5. The molecule has 0 unspecified atom stereocenters. The second-order valence-corrected chi connectivity index (χ2v) is 6.91. The van der Waals surface area contributed by atoms with E-state index in [9.17, 15) is 13.2 Å². The van der Waals surface area contributed by atoms with Crippen LogP contribution in [0, 0.1) is 0 Å². The molecule has 1 rings (SSSR count). The molecule has 8 heteroatoms. The standard InChI is InChI=1S/C12H15Cl2NO4S/c1-8(2)15(7-11(16)19-3)20(17,18)12-9(13)5-4-6-10(12)14/h4-6,8H,7H2,1-3H3. The highest BCUT2D eigenvalue weighted by Gasteiger charge is 2.32. The topological polar surface area (TPSA) is 63.7 Å². The fourth-order valence-corrected chi connectivity index (χ4v) is 4.26. The molecular weight excluding hydrogens is 325 g/mol. The van der Waals surface area contributed by atoms with Crippen molar-refractivity contribution >= 4 is 39.2 Å². The summed E-state index contributed by atoms with van der Waals surface area (Å²) in [5.74, 6) is -0.662. The Hall–Kier alpha value is -0.820. The van der Waals surface area contributed by atoms with E-state index in [1.165, 1.54) is 19.2 Å². The second kappa shape index (κ2) is 6.76. The van der Waals surface area contributed by atoms with Crippen LogP contribution in [-0.2, 0) is 19.6 Å². The maximum Gasteiger partial charge on any atom is 0.321 e. The molecule has 0 aliphatic heterocycles. The fraction of sp³-hybridized carbons (Fsp3) is 0.417. The van der Waals surface area contributed by atoms with Crippen molar-refractivity contribution in [1.82, 2.24) is 4.31 Å². The molecule has 0 fully saturated rings. The van der Waals surface area contributed by atoms with Crippen molar-refractivity contribution in [3.05, 3.63) is 28.2 Å². The first kappa shape index (κ1) is 17.2. The van der Waals surface area contributed by atoms with Gasteiger partial charge in [-0.15, -0.1) is 0 Å². The first-order valence-electron chi connectivity index (χ1n) is 5.74. The van der Waals surface area contributed by atoms with Crippen LogP contribution in [-0.4, -0.2) is 38.4 Å². The Balaban J connectivity index is 3.34. The SMILES string of the molecule is COC(=O)CN(C(C)C)S(=O)(=O)c1c(Cl)cccc1Cl. The average Bonchev–Trinajstić information content (AvgIpc) is 2.34. The molecule has 0 radical (unpaired) electrons. The lowest BCUT2D eigenvalue weighted by Crippen LogP contribution is -2.41. The number of carbonyl (C=O) groups excluding carboxylic acids is 1. The van der Waals surface area contributed by atoms with Gasteiger partial charge in [0.15, 0.2) is 0 Å². The van der Waals surface area contributed by atoms with Crippen molar-refractivity contribution in [2.45, 2.75) is 24.8 Å². The van der Waals surface area contributed by atoms with Crippen LogP contribution >= 0.6 is 23.2 Å². The molecule has 0 aromatic heterocycles. The normalized spacial score (nSPS) is 11.9. The monoisotopic (exact) mass is 339 g/mol. The minimum atomic E-state index is -4.00. The maximum absolute atomic E-state index is 12.6. The van der Waals surface area contributed by atoms with Gasteiger partial charge in [-0.2, -0.15) is 4.31 Å². The zero-order valence-electron chi connectivity index (χ0n) is 11.3. The van der Waals surface area contributed by atoms with E-state index in [-0.39, 0.29) is 14.9 Å². The Bertz CT molecular complexity index is 581. The first-order valence-corrected chi connectivity index (χ1v) is 7.94. The van der Waals surface area contributed by atoms with E-state index < -0.39 is 28.6 Å². The molecule has 0 heterocycles. The molecule has 1 aromatic carbocycles. The first-order chi connectivity index (χ1) is 9.21. The summed E-state index contributed by atoms with van der Waals surface area (Å²) in [7, 11) is -2.81. The smallest absolute Gasteiger partial charge is 0.321 e. The third-order valence-corrected chi connectivity index (χ3v) is 5.55. The van der Waals surface area contributed by atoms with Crippen LogP contribution in [0.2, 0.25) is 10.0 Å². The van der Waals surface area contributed by atoms with E-state index in [1.807, 2.05) is 0 Å². The molecule has 0 amide bonds. The zero-order valence-corrected chi connectivity index (χ0v) is 13.6. The van der Waals surface area contributed by atoms with Gasteiger partial charge in [0, 0.05) is 6.04 Å². The minimum absolute atomic E-state index is 0.00742. The lowest BCUT2D eigenvalue weighted by atomic mass is 10.4. The number of hydrogen-bond donors (Lipinski definition) is 0. The molecule has 0 N–H and O–H groups in total. The number of nitrogens with zero attached hydrogens (tertiary/aromatic N) is 1. The Labute approximate surface area is 128 Å². The molecule has 5 nitrogen and oxygen atoms in total. The van der Waals surface area contributed by atoms with Gasteiger partial charge in [-0.3, -0.25) is 4.79 Å². The number of benzene rings is 1. The van der Waals surface area contributed by atoms with E-state index in [4.69, 9.17) is 23.2 Å². The quantitative estimate of drug-likeness (QED) is 0.773. The van der Waals surface area contributed by atoms with Gasteiger partial charge in [-0.25, -0.2) is 8.42 Å². The van der Waals surface area contributed by atoms with Gasteiger partial charge in [-0.1, -0.05) is 29.3 Å². The van der Waals surface area contributed by atoms with Gasteiger partial charge >= 0.3 is 5.97 Å². The summed E-state index contributed by atoms with van der Waals surface area (Å²) in [6.45, 7) is 2.88. The molecule has 1 aromatic rings. The van der Waals surface area contributed by atoms with Crippen LogP contribution in [0.5, 0.6) is 0 Å². The lowest BCUT2D eigenvalue weighted by Gasteiger charge is -2.25. The number of ether oxygens (including phenoxy) is 1. The van der Waals surface area contributed by atoms with Crippen LogP contribution in [0.1, 0.15) is 13.8 Å². The third kappa shape index (κ3) is 3.63. The van der Waals surface area contributed by atoms with Gasteiger partial charge in [0.25, 0.3) is 0 Å². The van der Waals surface area contributed by atoms with Crippen molar-refractivity contribution in [3.63, 3.8) is 0 Å². The molecule has 0 spiro atoms. The van der Waals surface area contributed by atoms with Crippen LogP contribution in [0.25, 0.3) is 0 Å². The van der Waals surface area contributed by atoms with Gasteiger partial charge in [0.2, 0.25) is 10.0 Å². The molecule has 0 atom stereocenters. The number of halogens is 2. The van der Waals surface area contributed by atoms with Gasteiger partial charge in [0.1, 0.15) is 11.4 Å². The van der Waals surface area contributed by atoms with Gasteiger partial charge in [-0.05, 0) is 26.0 Å². The van der Waals surface area contributed by atoms with E-state index >= 15 is 0 Å². The highest BCUT2D eigenvalue weighted by atomic mass is 35.5. The Kier molecular flexibility index (Phi) is 5.82. The Morgan fingerprint density at radius 2 is 1.80 bits per heavy atom. The summed E-state index contributed by atoms with van der Waals surface area (Å²) in [4.78, 5) is 11.2. The maximum atomic E-state index is 12.6. The van der Waals surface area contributed by atoms with Gasteiger partial charge in [0.05, 0.1) is 17.2 Å². The number of sulfonamides is 1. The predicted molar refractivity (Wildman–Crippen MR) is 77.5 cm³/mol. The highest BCUT2D eigenvalue weighted by molar-refractivity contribution is 7.89. The average molecular weight is 340 g/mol. The van der Waals surface area contributed by atoms with Crippen molar-refractivity contribution in [3.8, 4) is 0 Å². The summed E-state index contributed by atoms with van der Waals surface area (Å²) in [6.07, 6.45) is 0. The van der Waals surface area contributed by atoms with E-state index in [0.717, 1.165) is 4.31 Å². The lowest BCUT2D eigenvalue weighted by molar-refractivity contribution is -0.141. The molecule has 0 aliphatic rings.